The maximum absolute atomic E-state index is 11.5. The molecule has 0 amide bonds. The zero-order chi connectivity index (χ0) is 12.8. The van der Waals surface area contributed by atoms with Crippen molar-refractivity contribution < 1.29 is 9.53 Å². The Balaban J connectivity index is 2.89. The summed E-state index contributed by atoms with van der Waals surface area (Å²) in [6.07, 6.45) is 0. The first-order chi connectivity index (χ1) is 8.06. The monoisotopic (exact) mass is 250 g/mol. The minimum Gasteiger partial charge on any atom is -0.465 e. The predicted octanol–water partition coefficient (Wildman–Crippen LogP) is 1.83. The number of benzene rings is 1. The Kier molecular flexibility index (Phi) is 4.66. The molecule has 0 heterocycles. The number of anilines is 1. The van der Waals surface area contributed by atoms with Crippen LogP contribution in [0.3, 0.4) is 0 Å². The fourth-order valence-electron chi connectivity index (χ4n) is 1.25. The van der Waals surface area contributed by atoms with Gasteiger partial charge in [0, 0.05) is 11.4 Å². The van der Waals surface area contributed by atoms with Crippen LogP contribution in [-0.2, 0) is 9.53 Å². The zero-order valence-corrected chi connectivity index (χ0v) is 10.5. The normalized spacial score (nSPS) is 11.4. The molecule has 0 fully saturated rings. The molecule has 1 rings (SSSR count). The van der Waals surface area contributed by atoms with Gasteiger partial charge in [0.25, 0.3) is 0 Å². The largest absolute Gasteiger partial charge is 0.465 e. The van der Waals surface area contributed by atoms with Crippen molar-refractivity contribution in [1.82, 2.24) is 0 Å². The molecule has 0 radical (unpaired) electrons. The van der Waals surface area contributed by atoms with Crippen molar-refractivity contribution in [3.8, 4) is 0 Å². The van der Waals surface area contributed by atoms with Crippen LogP contribution in [0.15, 0.2) is 41.6 Å². The number of para-hydroxylation sites is 1. The smallest absolute Gasteiger partial charge is 0.342 e. The molecule has 4 nitrogen and oxygen atoms in total. The van der Waals surface area contributed by atoms with Gasteiger partial charge in [-0.25, -0.2) is 4.79 Å². The molecule has 17 heavy (non-hydrogen) atoms. The van der Waals surface area contributed by atoms with E-state index in [0.717, 1.165) is 5.69 Å². The molecule has 0 saturated heterocycles. The maximum Gasteiger partial charge on any atom is 0.342 e. The van der Waals surface area contributed by atoms with Gasteiger partial charge in [0.1, 0.15) is 10.6 Å². The van der Waals surface area contributed by atoms with E-state index in [0.29, 0.717) is 5.70 Å². The van der Waals surface area contributed by atoms with E-state index >= 15 is 0 Å². The minimum absolute atomic E-state index is 0.186. The van der Waals surface area contributed by atoms with Crippen LogP contribution in [-0.4, -0.2) is 18.1 Å². The van der Waals surface area contributed by atoms with Crippen LogP contribution >= 0.6 is 12.2 Å². The molecule has 0 aliphatic rings. The highest BCUT2D eigenvalue weighted by atomic mass is 32.1. The molecule has 90 valence electrons. The predicted molar refractivity (Wildman–Crippen MR) is 71.6 cm³/mol. The highest BCUT2D eigenvalue weighted by molar-refractivity contribution is 7.81. The summed E-state index contributed by atoms with van der Waals surface area (Å²) in [5.74, 6) is -0.543. The fraction of sp³-hybridized carbons (Fsp3) is 0.167. The first kappa shape index (κ1) is 13.2. The third kappa shape index (κ3) is 3.57. The average Bonchev–Trinajstić information content (AvgIpc) is 2.29. The van der Waals surface area contributed by atoms with Crippen LogP contribution in [0.1, 0.15) is 6.92 Å². The third-order valence-corrected chi connectivity index (χ3v) is 2.35. The second kappa shape index (κ2) is 6.00. The molecule has 1 aromatic carbocycles. The Hall–Kier alpha value is -1.88. The lowest BCUT2D eigenvalue weighted by atomic mass is 10.2. The number of hydrogen-bond acceptors (Lipinski definition) is 4. The fourth-order valence-corrected chi connectivity index (χ4v) is 1.61. The summed E-state index contributed by atoms with van der Waals surface area (Å²) in [5, 5.41) is 2.93. The van der Waals surface area contributed by atoms with Gasteiger partial charge in [0.15, 0.2) is 0 Å². The standard InChI is InChI=1S/C12H14N2O2S/c1-8(13)10(12(15)16-2)11(17)14-9-6-4-3-5-7-9/h3-7H,13H2,1-2H3,(H,14,17)/b10-8-. The lowest BCUT2D eigenvalue weighted by Crippen LogP contribution is -2.23. The number of nitrogens with one attached hydrogen (secondary N) is 1. The number of nitrogens with two attached hydrogens (primary N) is 1. The second-order valence-electron chi connectivity index (χ2n) is 3.37. The molecule has 1 aromatic rings. The highest BCUT2D eigenvalue weighted by Crippen LogP contribution is 2.11. The number of thiocarbonyl (C=S) groups is 1. The summed E-state index contributed by atoms with van der Waals surface area (Å²) in [4.78, 5) is 11.8. The molecule has 0 spiro atoms. The van der Waals surface area contributed by atoms with Crippen LogP contribution < -0.4 is 11.1 Å². The molecule has 0 bridgehead atoms. The number of rotatable bonds is 3. The first-order valence-electron chi connectivity index (χ1n) is 4.97. The average molecular weight is 250 g/mol. The van der Waals surface area contributed by atoms with Crippen LogP contribution in [0, 0.1) is 0 Å². The van der Waals surface area contributed by atoms with Crippen molar-refractivity contribution in [2.24, 2.45) is 5.73 Å². The molecule has 5 heteroatoms. The second-order valence-corrected chi connectivity index (χ2v) is 3.78. The number of methoxy groups -OCH3 is 1. The van der Waals surface area contributed by atoms with Crippen LogP contribution in [0.2, 0.25) is 0 Å². The van der Waals surface area contributed by atoms with Gasteiger partial charge in [0.05, 0.1) is 7.11 Å². The molecular formula is C12H14N2O2S. The zero-order valence-electron chi connectivity index (χ0n) is 9.69. The van der Waals surface area contributed by atoms with Crippen molar-refractivity contribution in [2.75, 3.05) is 12.4 Å². The van der Waals surface area contributed by atoms with E-state index in [9.17, 15) is 4.79 Å². The van der Waals surface area contributed by atoms with Crippen molar-refractivity contribution in [2.45, 2.75) is 6.92 Å². The highest BCUT2D eigenvalue weighted by Gasteiger charge is 2.17. The minimum atomic E-state index is -0.543. The number of ether oxygens (including phenoxy) is 1. The van der Waals surface area contributed by atoms with Crippen LogP contribution in [0.25, 0.3) is 0 Å². The van der Waals surface area contributed by atoms with Crippen molar-refractivity contribution in [3.63, 3.8) is 0 Å². The van der Waals surface area contributed by atoms with Gasteiger partial charge in [-0.1, -0.05) is 30.4 Å². The number of allylic oxidation sites excluding steroid dienone is 1. The molecule has 0 unspecified atom stereocenters. The SMILES string of the molecule is COC(=O)/C(C(=S)Nc1ccccc1)=C(/C)N. The van der Waals surface area contributed by atoms with E-state index < -0.39 is 5.97 Å². The van der Waals surface area contributed by atoms with Crippen molar-refractivity contribution >= 4 is 28.9 Å². The Morgan fingerprint density at radius 3 is 2.41 bits per heavy atom. The molecule has 0 aliphatic heterocycles. The first-order valence-corrected chi connectivity index (χ1v) is 5.38. The molecule has 0 aromatic heterocycles. The number of carbonyl (C=O) groups excluding carboxylic acids is 1. The summed E-state index contributed by atoms with van der Waals surface area (Å²) >= 11 is 5.13. The Morgan fingerprint density at radius 2 is 1.94 bits per heavy atom. The Bertz CT molecular complexity index is 451. The van der Waals surface area contributed by atoms with E-state index in [4.69, 9.17) is 18.0 Å². The Morgan fingerprint density at radius 1 is 1.35 bits per heavy atom. The van der Waals surface area contributed by atoms with Gasteiger partial charge in [-0.3, -0.25) is 0 Å². The molecule has 0 atom stereocenters. The van der Waals surface area contributed by atoms with E-state index in [1.165, 1.54) is 7.11 Å². The van der Waals surface area contributed by atoms with E-state index in [1.54, 1.807) is 6.92 Å². The summed E-state index contributed by atoms with van der Waals surface area (Å²) in [5.41, 5.74) is 6.92. The number of carbonyl (C=O) groups is 1. The third-order valence-electron chi connectivity index (χ3n) is 2.04. The Labute approximate surface area is 105 Å². The number of hydrogen-bond donors (Lipinski definition) is 2. The van der Waals surface area contributed by atoms with Gasteiger partial charge < -0.3 is 15.8 Å². The summed E-state index contributed by atoms with van der Waals surface area (Å²) in [6, 6.07) is 9.29. The van der Waals surface area contributed by atoms with Gasteiger partial charge in [-0.15, -0.1) is 0 Å². The lowest BCUT2D eigenvalue weighted by Gasteiger charge is -2.11. The van der Waals surface area contributed by atoms with Crippen LogP contribution in [0.4, 0.5) is 5.69 Å². The molecular weight excluding hydrogens is 236 g/mol. The molecule has 3 N–H and O–H groups in total. The van der Waals surface area contributed by atoms with Crippen molar-refractivity contribution in [1.29, 1.82) is 0 Å². The van der Waals surface area contributed by atoms with Gasteiger partial charge in [-0.2, -0.15) is 0 Å². The van der Waals surface area contributed by atoms with E-state index in [1.807, 2.05) is 30.3 Å². The summed E-state index contributed by atoms with van der Waals surface area (Å²) in [6.45, 7) is 1.60. The molecule has 0 saturated carbocycles. The van der Waals surface area contributed by atoms with Gasteiger partial charge in [-0.05, 0) is 19.1 Å². The maximum atomic E-state index is 11.5. The van der Waals surface area contributed by atoms with E-state index in [2.05, 4.69) is 10.1 Å². The quantitative estimate of drug-likeness (QED) is 0.487. The number of esters is 1. The summed E-state index contributed by atoms with van der Waals surface area (Å²) in [7, 11) is 1.29. The van der Waals surface area contributed by atoms with E-state index in [-0.39, 0.29) is 10.6 Å². The topological polar surface area (TPSA) is 64.3 Å². The van der Waals surface area contributed by atoms with Crippen molar-refractivity contribution in [3.05, 3.63) is 41.6 Å². The summed E-state index contributed by atoms with van der Waals surface area (Å²) < 4.78 is 4.63. The lowest BCUT2D eigenvalue weighted by molar-refractivity contribution is -0.135. The molecule has 0 aliphatic carbocycles. The van der Waals surface area contributed by atoms with Gasteiger partial charge in [0.2, 0.25) is 0 Å². The van der Waals surface area contributed by atoms with Gasteiger partial charge >= 0.3 is 5.97 Å². The van der Waals surface area contributed by atoms with Crippen LogP contribution in [0.5, 0.6) is 0 Å².